The lowest BCUT2D eigenvalue weighted by atomic mass is 9.93. The van der Waals surface area contributed by atoms with Crippen molar-refractivity contribution in [2.24, 2.45) is 0 Å². The highest BCUT2D eigenvalue weighted by molar-refractivity contribution is 5.86. The highest BCUT2D eigenvalue weighted by atomic mass is 16.5. The van der Waals surface area contributed by atoms with Crippen LogP contribution in [0.4, 0.5) is 4.79 Å². The Hall–Kier alpha value is -1.30. The fourth-order valence-electron chi connectivity index (χ4n) is 1.63. The molecule has 0 aromatic carbocycles. The number of carbonyl (C=O) groups is 2. The Morgan fingerprint density at radius 1 is 1.33 bits per heavy atom. The third-order valence-corrected chi connectivity index (χ3v) is 3.15. The molecule has 0 saturated heterocycles. The van der Waals surface area contributed by atoms with Gasteiger partial charge >= 0.3 is 12.0 Å². The summed E-state index contributed by atoms with van der Waals surface area (Å²) in [5.41, 5.74) is -1.17. The highest BCUT2D eigenvalue weighted by Gasteiger charge is 2.37. The molecule has 0 radical (unpaired) electrons. The first-order valence-electron chi connectivity index (χ1n) is 6.19. The van der Waals surface area contributed by atoms with Crippen LogP contribution >= 0.6 is 0 Å². The molecular formula is C12H24N2O4. The van der Waals surface area contributed by atoms with Gasteiger partial charge in [0.15, 0.2) is 0 Å². The summed E-state index contributed by atoms with van der Waals surface area (Å²) in [5.74, 6) is -0.994. The lowest BCUT2D eigenvalue weighted by Gasteiger charge is -2.30. The van der Waals surface area contributed by atoms with Gasteiger partial charge in [0.2, 0.25) is 0 Å². The minimum absolute atomic E-state index is 0.358. The van der Waals surface area contributed by atoms with Crippen molar-refractivity contribution >= 4 is 12.0 Å². The van der Waals surface area contributed by atoms with Crippen molar-refractivity contribution in [3.05, 3.63) is 0 Å². The molecule has 0 bridgehead atoms. The van der Waals surface area contributed by atoms with Gasteiger partial charge in [-0.05, 0) is 19.3 Å². The molecule has 2 N–H and O–H groups in total. The lowest BCUT2D eigenvalue weighted by molar-refractivity contribution is -0.144. The number of rotatable bonds is 8. The second kappa shape index (κ2) is 7.92. The van der Waals surface area contributed by atoms with Gasteiger partial charge in [-0.3, -0.25) is 0 Å². The average Bonchev–Trinajstić information content (AvgIpc) is 2.35. The summed E-state index contributed by atoms with van der Waals surface area (Å²) in [6.07, 6.45) is 1.44. The largest absolute Gasteiger partial charge is 0.480 e. The molecule has 6 heteroatoms. The number of amides is 2. The topological polar surface area (TPSA) is 78.9 Å². The summed E-state index contributed by atoms with van der Waals surface area (Å²) >= 11 is 0. The fourth-order valence-corrected chi connectivity index (χ4v) is 1.63. The first-order valence-corrected chi connectivity index (χ1v) is 6.19. The average molecular weight is 260 g/mol. The maximum atomic E-state index is 11.9. The van der Waals surface area contributed by atoms with Gasteiger partial charge in [0.1, 0.15) is 5.54 Å². The quantitative estimate of drug-likeness (QED) is 0.645. The minimum Gasteiger partial charge on any atom is -0.480 e. The van der Waals surface area contributed by atoms with Gasteiger partial charge in [0, 0.05) is 27.3 Å². The van der Waals surface area contributed by atoms with Crippen molar-refractivity contribution in [1.29, 1.82) is 0 Å². The molecule has 2 amide bonds. The number of nitrogens with zero attached hydrogens (tertiary/aromatic N) is 1. The number of hydrogen-bond donors (Lipinski definition) is 2. The zero-order chi connectivity index (χ0) is 14.2. The second-order valence-corrected chi connectivity index (χ2v) is 4.29. The molecule has 0 heterocycles. The Balaban J connectivity index is 4.46. The van der Waals surface area contributed by atoms with E-state index in [0.29, 0.717) is 26.0 Å². The van der Waals surface area contributed by atoms with E-state index < -0.39 is 11.5 Å². The number of ether oxygens (including phenoxy) is 1. The first-order chi connectivity index (χ1) is 8.43. The van der Waals surface area contributed by atoms with Crippen molar-refractivity contribution in [2.45, 2.75) is 38.6 Å². The fraction of sp³-hybridized carbons (Fsp3) is 0.833. The van der Waals surface area contributed by atoms with Crippen LogP contribution in [0.15, 0.2) is 0 Å². The van der Waals surface area contributed by atoms with E-state index in [2.05, 4.69) is 5.32 Å². The molecule has 0 atom stereocenters. The molecule has 0 unspecified atom stereocenters. The van der Waals surface area contributed by atoms with Gasteiger partial charge in [-0.1, -0.05) is 13.8 Å². The Labute approximate surface area is 108 Å². The van der Waals surface area contributed by atoms with E-state index >= 15 is 0 Å². The van der Waals surface area contributed by atoms with E-state index in [9.17, 15) is 14.7 Å². The van der Waals surface area contributed by atoms with E-state index in [1.165, 1.54) is 4.90 Å². The van der Waals surface area contributed by atoms with Crippen LogP contribution < -0.4 is 5.32 Å². The van der Waals surface area contributed by atoms with E-state index in [1.54, 1.807) is 28.0 Å². The predicted octanol–water partition coefficient (Wildman–Crippen LogP) is 1.31. The maximum Gasteiger partial charge on any atom is 0.329 e. The standard InChI is InChI=1S/C12H24N2O4/c1-5-12(6-2,10(15)16)13-11(17)14(3)8-7-9-18-4/h5-9H2,1-4H3,(H,13,17)(H,15,16). The molecule has 106 valence electrons. The zero-order valence-electron chi connectivity index (χ0n) is 11.7. The van der Waals surface area contributed by atoms with Crippen molar-refractivity contribution in [3.63, 3.8) is 0 Å². The monoisotopic (exact) mass is 260 g/mol. The van der Waals surface area contributed by atoms with Gasteiger partial charge < -0.3 is 20.1 Å². The van der Waals surface area contributed by atoms with Crippen molar-refractivity contribution in [1.82, 2.24) is 10.2 Å². The van der Waals surface area contributed by atoms with E-state index in [1.807, 2.05) is 0 Å². The molecule has 0 rings (SSSR count). The number of nitrogens with one attached hydrogen (secondary N) is 1. The Morgan fingerprint density at radius 2 is 1.89 bits per heavy atom. The maximum absolute atomic E-state index is 11.9. The summed E-state index contributed by atoms with van der Waals surface area (Å²) in [6, 6.07) is -0.364. The molecule has 0 spiro atoms. The molecule has 6 nitrogen and oxygen atoms in total. The molecule has 0 aliphatic rings. The van der Waals surface area contributed by atoms with Crippen LogP contribution in [0.1, 0.15) is 33.1 Å². The molecule has 0 fully saturated rings. The molecular weight excluding hydrogens is 236 g/mol. The summed E-state index contributed by atoms with van der Waals surface area (Å²) in [4.78, 5) is 24.6. The minimum atomic E-state index is -1.17. The molecule has 0 aliphatic heterocycles. The van der Waals surface area contributed by atoms with Crippen LogP contribution in [-0.2, 0) is 9.53 Å². The Kier molecular flexibility index (Phi) is 7.35. The number of hydrogen-bond acceptors (Lipinski definition) is 3. The van der Waals surface area contributed by atoms with E-state index in [-0.39, 0.29) is 6.03 Å². The smallest absolute Gasteiger partial charge is 0.329 e. The van der Waals surface area contributed by atoms with Crippen molar-refractivity contribution in [2.75, 3.05) is 27.3 Å². The van der Waals surface area contributed by atoms with Gasteiger partial charge in [-0.2, -0.15) is 0 Å². The SMILES string of the molecule is CCC(CC)(NC(=O)N(C)CCCOC)C(=O)O. The van der Waals surface area contributed by atoms with Gasteiger partial charge in [-0.25, -0.2) is 9.59 Å². The summed E-state index contributed by atoms with van der Waals surface area (Å²) in [7, 11) is 3.24. The number of carbonyl (C=O) groups excluding carboxylic acids is 1. The summed E-state index contributed by atoms with van der Waals surface area (Å²) in [5, 5.41) is 11.8. The predicted molar refractivity (Wildman–Crippen MR) is 68.6 cm³/mol. The number of aliphatic carboxylic acids is 1. The van der Waals surface area contributed by atoms with Gasteiger partial charge in [0.25, 0.3) is 0 Å². The van der Waals surface area contributed by atoms with Gasteiger partial charge in [0.05, 0.1) is 0 Å². The summed E-state index contributed by atoms with van der Waals surface area (Å²) in [6.45, 7) is 4.61. The molecule has 0 aromatic heterocycles. The van der Waals surface area contributed by atoms with Crippen LogP contribution in [0, 0.1) is 0 Å². The van der Waals surface area contributed by atoms with Crippen LogP contribution in [0.3, 0.4) is 0 Å². The number of carboxylic acids is 1. The van der Waals surface area contributed by atoms with E-state index in [0.717, 1.165) is 6.42 Å². The van der Waals surface area contributed by atoms with Crippen molar-refractivity contribution < 1.29 is 19.4 Å². The first kappa shape index (κ1) is 16.7. The lowest BCUT2D eigenvalue weighted by Crippen LogP contribution is -2.56. The molecule has 18 heavy (non-hydrogen) atoms. The zero-order valence-corrected chi connectivity index (χ0v) is 11.7. The molecule has 0 saturated carbocycles. The van der Waals surface area contributed by atoms with Gasteiger partial charge in [-0.15, -0.1) is 0 Å². The number of methoxy groups -OCH3 is 1. The number of urea groups is 1. The molecule has 0 aliphatic carbocycles. The van der Waals surface area contributed by atoms with E-state index in [4.69, 9.17) is 4.74 Å². The summed E-state index contributed by atoms with van der Waals surface area (Å²) < 4.78 is 4.90. The van der Waals surface area contributed by atoms with Crippen LogP contribution in [0.2, 0.25) is 0 Å². The third-order valence-electron chi connectivity index (χ3n) is 3.15. The van der Waals surface area contributed by atoms with Crippen molar-refractivity contribution in [3.8, 4) is 0 Å². The Morgan fingerprint density at radius 3 is 2.28 bits per heavy atom. The second-order valence-electron chi connectivity index (χ2n) is 4.29. The third kappa shape index (κ3) is 4.52. The Bertz CT molecular complexity index is 277. The number of carboxylic acid groups (broad SMARTS) is 1. The van der Waals surface area contributed by atoms with Crippen LogP contribution in [0.5, 0.6) is 0 Å². The van der Waals surface area contributed by atoms with Crippen LogP contribution in [-0.4, -0.2) is 54.9 Å². The highest BCUT2D eigenvalue weighted by Crippen LogP contribution is 2.15. The van der Waals surface area contributed by atoms with Crippen LogP contribution in [0.25, 0.3) is 0 Å². The normalized spacial score (nSPS) is 11.1. The molecule has 0 aromatic rings.